The van der Waals surface area contributed by atoms with E-state index in [9.17, 15) is 29.4 Å². The van der Waals surface area contributed by atoms with Gasteiger partial charge in [-0.25, -0.2) is 0 Å². The van der Waals surface area contributed by atoms with Crippen LogP contribution in [0.25, 0.3) is 0 Å². The molecule has 0 aliphatic carbocycles. The number of rotatable bonds is 66. The van der Waals surface area contributed by atoms with Gasteiger partial charge >= 0.3 is 23.9 Å². The van der Waals surface area contributed by atoms with Gasteiger partial charge in [0.1, 0.15) is 0 Å². The second-order valence-electron chi connectivity index (χ2n) is 29.4. The molecule has 14 nitrogen and oxygen atoms in total. The van der Waals surface area contributed by atoms with E-state index in [2.05, 4.69) is 37.7 Å². The number of carbonyl (C=O) groups excluding carboxylic acids is 4. The minimum atomic E-state index is -0.724. The molecule has 0 unspecified atom stereocenters. The average Bonchev–Trinajstić information content (AvgIpc) is 3.08. The van der Waals surface area contributed by atoms with E-state index in [1.54, 1.807) is 0 Å². The van der Waals surface area contributed by atoms with Crippen LogP contribution in [-0.4, -0.2) is 145 Å². The number of unbranched alkanes of at least 4 members (excludes halogenated alkanes) is 38. The molecule has 0 spiro atoms. The van der Waals surface area contributed by atoms with Gasteiger partial charge in [-0.1, -0.05) is 245 Å². The lowest BCUT2D eigenvalue weighted by molar-refractivity contribution is -0.151. The molecule has 556 valence electrons. The van der Waals surface area contributed by atoms with Crippen LogP contribution in [-0.2, 0) is 38.1 Å². The first-order valence-corrected chi connectivity index (χ1v) is 40.5. The zero-order valence-corrected chi connectivity index (χ0v) is 62.2. The summed E-state index contributed by atoms with van der Waals surface area (Å²) in [5.74, 6) is -0.149. The monoisotopic (exact) mass is 1340 g/mol. The van der Waals surface area contributed by atoms with E-state index in [0.29, 0.717) is 45.7 Å². The molecule has 0 bridgehead atoms. The van der Waals surface area contributed by atoms with Crippen molar-refractivity contribution in [2.24, 2.45) is 11.8 Å². The molecule has 2 aliphatic heterocycles. The van der Waals surface area contributed by atoms with Crippen LogP contribution in [0.3, 0.4) is 0 Å². The Bertz CT molecular complexity index is 1620. The van der Waals surface area contributed by atoms with Crippen molar-refractivity contribution in [3.05, 3.63) is 0 Å². The number of aliphatic hydroxyl groups is 4. The summed E-state index contributed by atoms with van der Waals surface area (Å²) in [7, 11) is 4.18. The topological polar surface area (TPSA) is 193 Å². The summed E-state index contributed by atoms with van der Waals surface area (Å²) < 4.78 is 22.2. The Morgan fingerprint density at radius 3 is 0.798 bits per heavy atom. The third-order valence-electron chi connectivity index (χ3n) is 20.3. The fraction of sp³-hybridized carbons (Fsp3) is 0.950. The molecule has 0 aromatic heterocycles. The van der Waals surface area contributed by atoms with Crippen LogP contribution in [0.4, 0.5) is 0 Å². The van der Waals surface area contributed by atoms with Gasteiger partial charge < -0.3 is 49.2 Å². The Morgan fingerprint density at radius 1 is 0.309 bits per heavy atom. The number of piperidine rings is 2. The van der Waals surface area contributed by atoms with Crippen LogP contribution >= 0.6 is 0 Å². The maximum Gasteiger partial charge on any atom is 0.309 e. The van der Waals surface area contributed by atoms with Crippen molar-refractivity contribution in [2.45, 2.75) is 397 Å². The van der Waals surface area contributed by atoms with Crippen molar-refractivity contribution in [1.29, 1.82) is 0 Å². The van der Waals surface area contributed by atoms with Crippen molar-refractivity contribution in [2.75, 3.05) is 79.9 Å². The first-order chi connectivity index (χ1) is 45.8. The second kappa shape index (κ2) is 65.3. The Morgan fingerprint density at radius 2 is 0.521 bits per heavy atom. The van der Waals surface area contributed by atoms with Gasteiger partial charge in [0, 0.05) is 26.1 Å². The van der Waals surface area contributed by atoms with E-state index in [1.807, 2.05) is 0 Å². The lowest BCUT2D eigenvalue weighted by atomic mass is 9.85. The second-order valence-corrected chi connectivity index (χ2v) is 29.4. The first-order valence-electron chi connectivity index (χ1n) is 40.5. The SMILES string of the molecule is CCCCCCCCCCCCCCCC(=O)OCCCCCCC(O)(CCCCCCOC(=O)CCCCCCCCCCCCCCC)CCCCOC(=O)C1CCN(C)CC1.CN1CCC(C(=O)OCCCCC(O)(CCCCCCO)CCCCCCO)CC1. The molecule has 4 N–H and O–H groups in total. The summed E-state index contributed by atoms with van der Waals surface area (Å²) in [5, 5.41) is 40.8. The molecule has 2 saturated heterocycles. The van der Waals surface area contributed by atoms with E-state index in [-0.39, 0.29) is 48.9 Å². The minimum absolute atomic E-state index is 0.0216. The number of esters is 4. The maximum absolute atomic E-state index is 12.6. The smallest absolute Gasteiger partial charge is 0.309 e. The first kappa shape index (κ1) is 89.7. The summed E-state index contributed by atoms with van der Waals surface area (Å²) in [6.07, 6.45) is 61.7. The van der Waals surface area contributed by atoms with E-state index in [0.717, 1.165) is 238 Å². The summed E-state index contributed by atoms with van der Waals surface area (Å²) in [4.78, 5) is 53.8. The minimum Gasteiger partial charge on any atom is -0.466 e. The van der Waals surface area contributed by atoms with E-state index in [1.165, 1.54) is 141 Å². The standard InChI is InChI=1S/C56H107NO7.C24H47NO5/c1-4-6-8-10-12-14-16-18-20-22-24-26-32-40-53(58)62-49-37-30-28-34-44-56(61,46-36-39-51-64-55(60)52-42-47-57(3)48-43-52)45-35-29-31-38-50-63-54(59)41-33-27-25-23-21-19-17-15-13-11-9-7-5-2;1-25-17-12-22(13-18-25)23(28)30-21-11-8-16-24(29,14-6-2-4-9-19-26)15-7-3-5-10-20-27/h52,61H,4-51H2,1-3H3;22,26-27,29H,2-21H2,1H3. The number of hydrogen-bond acceptors (Lipinski definition) is 14. The fourth-order valence-corrected chi connectivity index (χ4v) is 13.7. The molecular formula is C80H154N2O12. The number of nitrogens with zero attached hydrogens (tertiary/aromatic N) is 2. The predicted molar refractivity (Wildman–Crippen MR) is 389 cm³/mol. The predicted octanol–water partition coefficient (Wildman–Crippen LogP) is 19.4. The van der Waals surface area contributed by atoms with Gasteiger partial charge in [0.25, 0.3) is 0 Å². The molecule has 2 rings (SSSR count). The lowest BCUT2D eigenvalue weighted by Crippen LogP contribution is -2.34. The molecule has 2 aliphatic rings. The number of carbonyl (C=O) groups is 4. The van der Waals surface area contributed by atoms with Gasteiger partial charge in [-0.05, 0) is 169 Å². The molecule has 0 atom stereocenters. The van der Waals surface area contributed by atoms with Crippen molar-refractivity contribution in [3.8, 4) is 0 Å². The summed E-state index contributed by atoms with van der Waals surface area (Å²) in [6.45, 7) is 10.7. The Balaban J connectivity index is 0.00000122. The third-order valence-corrected chi connectivity index (χ3v) is 20.3. The Kier molecular flexibility index (Phi) is 62.2. The average molecular weight is 1340 g/mol. The lowest BCUT2D eigenvalue weighted by Gasteiger charge is -2.29. The normalized spacial score (nSPS) is 14.5. The van der Waals surface area contributed by atoms with E-state index in [4.69, 9.17) is 29.2 Å². The highest BCUT2D eigenvalue weighted by Gasteiger charge is 2.29. The zero-order valence-electron chi connectivity index (χ0n) is 62.2. The van der Waals surface area contributed by atoms with Gasteiger partial charge in [-0.3, -0.25) is 19.2 Å². The number of ether oxygens (including phenoxy) is 4. The van der Waals surface area contributed by atoms with Gasteiger partial charge in [0.15, 0.2) is 0 Å². The quantitative estimate of drug-likeness (QED) is 0.0255. The van der Waals surface area contributed by atoms with Crippen molar-refractivity contribution < 1.29 is 58.6 Å². The molecule has 0 radical (unpaired) electrons. The van der Waals surface area contributed by atoms with Crippen LogP contribution in [0.5, 0.6) is 0 Å². The van der Waals surface area contributed by atoms with Gasteiger partial charge in [-0.15, -0.1) is 0 Å². The molecular weight excluding hydrogens is 1180 g/mol. The summed E-state index contributed by atoms with van der Waals surface area (Å²) >= 11 is 0. The van der Waals surface area contributed by atoms with E-state index >= 15 is 0 Å². The van der Waals surface area contributed by atoms with Crippen LogP contribution in [0.15, 0.2) is 0 Å². The summed E-state index contributed by atoms with van der Waals surface area (Å²) in [5.41, 5.74) is -1.37. The molecule has 0 aromatic carbocycles. The van der Waals surface area contributed by atoms with Crippen LogP contribution in [0, 0.1) is 11.8 Å². The van der Waals surface area contributed by atoms with Crippen LogP contribution < -0.4 is 0 Å². The fourth-order valence-electron chi connectivity index (χ4n) is 13.7. The highest BCUT2D eigenvalue weighted by atomic mass is 16.5. The molecule has 0 saturated carbocycles. The molecule has 94 heavy (non-hydrogen) atoms. The summed E-state index contributed by atoms with van der Waals surface area (Å²) in [6, 6.07) is 0. The number of hydrogen-bond donors (Lipinski definition) is 4. The van der Waals surface area contributed by atoms with Gasteiger partial charge in [0.05, 0.1) is 49.5 Å². The van der Waals surface area contributed by atoms with Crippen molar-refractivity contribution in [3.63, 3.8) is 0 Å². The van der Waals surface area contributed by atoms with Gasteiger partial charge in [0.2, 0.25) is 0 Å². The van der Waals surface area contributed by atoms with Crippen LogP contribution in [0.1, 0.15) is 386 Å². The number of aliphatic hydroxyl groups excluding tert-OH is 2. The molecule has 14 heteroatoms. The Labute approximate surface area is 578 Å². The van der Waals surface area contributed by atoms with E-state index < -0.39 is 11.2 Å². The third kappa shape index (κ3) is 56.5. The highest BCUT2D eigenvalue weighted by Crippen LogP contribution is 2.31. The molecule has 2 heterocycles. The molecule has 0 aromatic rings. The maximum atomic E-state index is 12.6. The zero-order chi connectivity index (χ0) is 68.5. The van der Waals surface area contributed by atoms with Crippen LogP contribution in [0.2, 0.25) is 0 Å². The van der Waals surface area contributed by atoms with Crippen molar-refractivity contribution in [1.82, 2.24) is 9.80 Å². The highest BCUT2D eigenvalue weighted by molar-refractivity contribution is 5.73. The number of likely N-dealkylation sites (tertiary alicyclic amines) is 2. The largest absolute Gasteiger partial charge is 0.466 e. The molecule has 0 amide bonds. The molecule has 2 fully saturated rings. The Hall–Kier alpha value is -2.36. The van der Waals surface area contributed by atoms with Gasteiger partial charge in [-0.2, -0.15) is 0 Å². The van der Waals surface area contributed by atoms with Crippen molar-refractivity contribution >= 4 is 23.9 Å².